The summed E-state index contributed by atoms with van der Waals surface area (Å²) < 4.78 is 28.6. The third-order valence-electron chi connectivity index (χ3n) is 10.3. The minimum atomic E-state index is -2.97. The molecule has 0 saturated heterocycles. The summed E-state index contributed by atoms with van der Waals surface area (Å²) in [6.45, 7) is 10.6. The first-order chi connectivity index (χ1) is 13.5. The van der Waals surface area contributed by atoms with Crippen LogP contribution in [0.25, 0.3) is 0 Å². The van der Waals surface area contributed by atoms with Crippen LogP contribution in [0.4, 0.5) is 8.78 Å². The summed E-state index contributed by atoms with van der Waals surface area (Å²) in [4.78, 5) is 0. The molecule has 4 rings (SSSR count). The summed E-state index contributed by atoms with van der Waals surface area (Å²) in [6.07, 6.45) is 10.8. The molecule has 1 nitrogen and oxygen atoms in total. The predicted molar refractivity (Wildman–Crippen MR) is 115 cm³/mol. The van der Waals surface area contributed by atoms with E-state index in [1.807, 2.05) is 6.92 Å². The number of hydrogen-bond donors (Lipinski definition) is 1. The highest BCUT2D eigenvalue weighted by atomic mass is 19.3. The van der Waals surface area contributed by atoms with Crippen molar-refractivity contribution in [1.82, 2.24) is 0 Å². The Kier molecular flexibility index (Phi) is 5.49. The molecule has 0 bridgehead atoms. The third-order valence-corrected chi connectivity index (χ3v) is 10.3. The highest BCUT2D eigenvalue weighted by molar-refractivity contribution is 5.25. The van der Waals surface area contributed by atoms with Crippen molar-refractivity contribution in [2.45, 2.75) is 104 Å². The molecular weight excluding hydrogens is 366 g/mol. The van der Waals surface area contributed by atoms with E-state index in [9.17, 15) is 13.9 Å². The van der Waals surface area contributed by atoms with Gasteiger partial charge >= 0.3 is 0 Å². The molecule has 1 N–H and O–H groups in total. The molecule has 3 fully saturated rings. The number of aliphatic hydroxyl groups excluding tert-OH is 1. The standard InChI is InChI=1S/C26H42F2O/c1-16-10-12-24(4)19(14-16)6-7-20-22-9-8-21(25(22,5)13-11-23(20)24)17(2)15-26(27,28)18(3)29/h6,16-18,20-23,29H,7-15H2,1-5H3. The van der Waals surface area contributed by atoms with Crippen LogP contribution in [0.2, 0.25) is 0 Å². The SMILES string of the molecule is CC1CCC2(C)C(=CCC3C2CCC2(C)C(C(C)CC(F)(F)C(C)O)CCC32)C1. The lowest BCUT2D eigenvalue weighted by Crippen LogP contribution is -2.50. The van der Waals surface area contributed by atoms with Crippen LogP contribution < -0.4 is 0 Å². The summed E-state index contributed by atoms with van der Waals surface area (Å²) in [5.74, 6) is 0.399. The Morgan fingerprint density at radius 3 is 2.52 bits per heavy atom. The second-order valence-electron chi connectivity index (χ2n) is 12.0. The number of hydrogen-bond acceptors (Lipinski definition) is 1. The van der Waals surface area contributed by atoms with Gasteiger partial charge in [0.2, 0.25) is 0 Å². The van der Waals surface area contributed by atoms with Gasteiger partial charge in [0.15, 0.2) is 0 Å². The fraction of sp³-hybridized carbons (Fsp3) is 0.923. The van der Waals surface area contributed by atoms with E-state index in [0.717, 1.165) is 24.2 Å². The zero-order valence-corrected chi connectivity index (χ0v) is 19.2. The van der Waals surface area contributed by atoms with Crippen molar-refractivity contribution in [3.63, 3.8) is 0 Å². The minimum absolute atomic E-state index is 0.0352. The molecule has 0 radical (unpaired) electrons. The largest absolute Gasteiger partial charge is 0.387 e. The maximum absolute atomic E-state index is 14.3. The molecule has 9 unspecified atom stereocenters. The lowest BCUT2D eigenvalue weighted by molar-refractivity contribution is -0.124. The lowest BCUT2D eigenvalue weighted by atomic mass is 9.46. The molecule has 9 atom stereocenters. The summed E-state index contributed by atoms with van der Waals surface area (Å²) in [6, 6.07) is 0. The van der Waals surface area contributed by atoms with Gasteiger partial charge in [-0.15, -0.1) is 0 Å². The van der Waals surface area contributed by atoms with Gasteiger partial charge in [0.1, 0.15) is 6.10 Å². The Balaban J connectivity index is 1.54. The van der Waals surface area contributed by atoms with E-state index in [4.69, 9.17) is 0 Å². The molecule has 0 spiro atoms. The van der Waals surface area contributed by atoms with Crippen molar-refractivity contribution in [2.75, 3.05) is 0 Å². The van der Waals surface area contributed by atoms with Gasteiger partial charge in [-0.05, 0) is 105 Å². The van der Waals surface area contributed by atoms with Gasteiger partial charge in [-0.25, -0.2) is 8.78 Å². The van der Waals surface area contributed by atoms with Crippen LogP contribution in [0.5, 0.6) is 0 Å². The van der Waals surface area contributed by atoms with Crippen LogP contribution in [-0.4, -0.2) is 17.1 Å². The molecule has 3 saturated carbocycles. The average Bonchev–Trinajstić information content (AvgIpc) is 2.99. The van der Waals surface area contributed by atoms with Crippen LogP contribution in [-0.2, 0) is 0 Å². The molecule has 166 valence electrons. The quantitative estimate of drug-likeness (QED) is 0.486. The lowest BCUT2D eigenvalue weighted by Gasteiger charge is -2.58. The molecule has 4 aliphatic rings. The monoisotopic (exact) mass is 408 g/mol. The van der Waals surface area contributed by atoms with E-state index in [1.165, 1.54) is 51.9 Å². The number of aliphatic hydroxyl groups is 1. The number of alkyl halides is 2. The van der Waals surface area contributed by atoms with Gasteiger partial charge in [-0.3, -0.25) is 0 Å². The summed E-state index contributed by atoms with van der Waals surface area (Å²) in [7, 11) is 0. The molecule has 3 heteroatoms. The number of allylic oxidation sites excluding steroid dienone is 2. The molecule has 4 aliphatic carbocycles. The predicted octanol–water partition coefficient (Wildman–Crippen LogP) is 7.24. The Labute approximate surface area is 176 Å². The first kappa shape index (κ1) is 21.8. The second kappa shape index (κ2) is 7.31. The van der Waals surface area contributed by atoms with Crippen molar-refractivity contribution < 1.29 is 13.9 Å². The van der Waals surface area contributed by atoms with E-state index in [-0.39, 0.29) is 17.8 Å². The average molecular weight is 409 g/mol. The van der Waals surface area contributed by atoms with Crippen LogP contribution >= 0.6 is 0 Å². The number of halogens is 2. The molecule has 0 aliphatic heterocycles. The Hall–Kier alpha value is -0.440. The zero-order chi connectivity index (χ0) is 21.2. The van der Waals surface area contributed by atoms with Crippen molar-refractivity contribution >= 4 is 0 Å². The Morgan fingerprint density at radius 2 is 1.83 bits per heavy atom. The highest BCUT2D eigenvalue weighted by Gasteiger charge is 2.59. The Morgan fingerprint density at radius 1 is 1.10 bits per heavy atom. The van der Waals surface area contributed by atoms with Crippen LogP contribution in [0.15, 0.2) is 11.6 Å². The molecule has 0 aromatic rings. The molecule has 29 heavy (non-hydrogen) atoms. The fourth-order valence-electron chi connectivity index (χ4n) is 8.56. The summed E-state index contributed by atoms with van der Waals surface area (Å²) in [5, 5.41) is 9.52. The first-order valence-corrected chi connectivity index (χ1v) is 12.2. The van der Waals surface area contributed by atoms with Crippen molar-refractivity contribution in [2.24, 2.45) is 46.3 Å². The van der Waals surface area contributed by atoms with Crippen LogP contribution in [0, 0.1) is 46.3 Å². The summed E-state index contributed by atoms with van der Waals surface area (Å²) >= 11 is 0. The molecular formula is C26H42F2O. The molecule has 0 aromatic heterocycles. The van der Waals surface area contributed by atoms with Crippen LogP contribution in [0.3, 0.4) is 0 Å². The molecule has 0 amide bonds. The Bertz CT molecular complexity index is 655. The van der Waals surface area contributed by atoms with E-state index >= 15 is 0 Å². The van der Waals surface area contributed by atoms with Gasteiger partial charge in [0.05, 0.1) is 0 Å². The minimum Gasteiger partial charge on any atom is -0.387 e. The molecule has 0 aromatic carbocycles. The normalized spacial score (nSPS) is 46.9. The smallest absolute Gasteiger partial charge is 0.273 e. The van der Waals surface area contributed by atoms with Gasteiger partial charge in [-0.1, -0.05) is 39.3 Å². The number of rotatable bonds is 4. The highest BCUT2D eigenvalue weighted by Crippen LogP contribution is 2.67. The molecule has 0 heterocycles. The topological polar surface area (TPSA) is 20.2 Å². The third kappa shape index (κ3) is 3.42. The van der Waals surface area contributed by atoms with Gasteiger partial charge in [0.25, 0.3) is 5.92 Å². The second-order valence-corrected chi connectivity index (χ2v) is 12.0. The van der Waals surface area contributed by atoms with Gasteiger partial charge < -0.3 is 5.11 Å². The first-order valence-electron chi connectivity index (χ1n) is 12.2. The number of fused-ring (bicyclic) bond motifs is 5. The maximum Gasteiger partial charge on any atom is 0.273 e. The van der Waals surface area contributed by atoms with Crippen molar-refractivity contribution in [3.8, 4) is 0 Å². The zero-order valence-electron chi connectivity index (χ0n) is 19.2. The summed E-state index contributed by atoms with van der Waals surface area (Å²) in [5.41, 5.74) is 2.32. The van der Waals surface area contributed by atoms with Crippen molar-refractivity contribution in [3.05, 3.63) is 11.6 Å². The van der Waals surface area contributed by atoms with E-state index < -0.39 is 12.0 Å². The van der Waals surface area contributed by atoms with E-state index in [0.29, 0.717) is 17.3 Å². The van der Waals surface area contributed by atoms with Crippen LogP contribution in [0.1, 0.15) is 92.4 Å². The maximum atomic E-state index is 14.3. The fourth-order valence-corrected chi connectivity index (χ4v) is 8.56. The van der Waals surface area contributed by atoms with Crippen molar-refractivity contribution in [1.29, 1.82) is 0 Å². The van der Waals surface area contributed by atoms with Gasteiger partial charge in [0, 0.05) is 6.42 Å². The van der Waals surface area contributed by atoms with Gasteiger partial charge in [-0.2, -0.15) is 0 Å². The van der Waals surface area contributed by atoms with E-state index in [2.05, 4.69) is 26.8 Å². The van der Waals surface area contributed by atoms with E-state index in [1.54, 1.807) is 5.57 Å².